The second kappa shape index (κ2) is 9.85. The van der Waals surface area contributed by atoms with Gasteiger partial charge in [0.2, 0.25) is 10.0 Å². The molecule has 4 nitrogen and oxygen atoms in total. The van der Waals surface area contributed by atoms with E-state index in [4.69, 9.17) is 0 Å². The van der Waals surface area contributed by atoms with Crippen molar-refractivity contribution in [2.75, 3.05) is 18.8 Å². The third-order valence-corrected chi connectivity index (χ3v) is 4.17. The maximum Gasteiger partial charge on any atom is 0.213 e. The van der Waals surface area contributed by atoms with Gasteiger partial charge in [-0.25, -0.2) is 13.1 Å². The number of nitrogens with one attached hydrogen (secondary N) is 2. The minimum atomic E-state index is -3.11. The van der Waals surface area contributed by atoms with Crippen molar-refractivity contribution in [1.29, 1.82) is 0 Å². The molecule has 1 atom stereocenters. The first-order valence-electron chi connectivity index (χ1n) is 6.72. The highest BCUT2D eigenvalue weighted by Crippen LogP contribution is 2.06. The quantitative estimate of drug-likeness (QED) is 0.560. The monoisotopic (exact) mass is 264 g/mol. The molecule has 0 amide bonds. The molecule has 1 unspecified atom stereocenters. The summed E-state index contributed by atoms with van der Waals surface area (Å²) in [7, 11) is -3.11. The minimum absolute atomic E-state index is 0.0542. The molecular weight excluding hydrogens is 236 g/mol. The second-order valence-corrected chi connectivity index (χ2v) is 6.41. The highest BCUT2D eigenvalue weighted by atomic mass is 32.2. The lowest BCUT2D eigenvalue weighted by Gasteiger charge is -2.14. The Morgan fingerprint density at radius 1 is 1.12 bits per heavy atom. The zero-order valence-corrected chi connectivity index (χ0v) is 12.3. The summed E-state index contributed by atoms with van der Waals surface area (Å²) >= 11 is 0. The Balaban J connectivity index is 3.73. The summed E-state index contributed by atoms with van der Waals surface area (Å²) in [6.07, 6.45) is 5.67. The Bertz CT molecular complexity index is 266. The largest absolute Gasteiger partial charge is 0.316 e. The predicted octanol–water partition coefficient (Wildman–Crippen LogP) is 1.87. The highest BCUT2D eigenvalue weighted by molar-refractivity contribution is 7.89. The Morgan fingerprint density at radius 2 is 1.82 bits per heavy atom. The highest BCUT2D eigenvalue weighted by Gasteiger charge is 2.13. The fourth-order valence-electron chi connectivity index (χ4n) is 1.68. The lowest BCUT2D eigenvalue weighted by molar-refractivity contribution is 0.520. The Hall–Kier alpha value is -0.130. The molecule has 0 heterocycles. The van der Waals surface area contributed by atoms with Crippen LogP contribution in [0, 0.1) is 0 Å². The molecule has 0 fully saturated rings. The van der Waals surface area contributed by atoms with Crippen LogP contribution in [-0.4, -0.2) is 33.3 Å². The second-order valence-electron chi connectivity index (χ2n) is 4.54. The topological polar surface area (TPSA) is 58.2 Å². The standard InChI is InChI=1S/C12H28N2O2S/c1-4-6-7-8-9-12(3)14-17(15,16)11-10-13-5-2/h12-14H,4-11H2,1-3H3. The van der Waals surface area contributed by atoms with Crippen molar-refractivity contribution in [3.05, 3.63) is 0 Å². The molecule has 0 aliphatic carbocycles. The van der Waals surface area contributed by atoms with Gasteiger partial charge in [-0.05, 0) is 19.9 Å². The molecule has 0 rings (SSSR count). The van der Waals surface area contributed by atoms with Crippen LogP contribution in [0.15, 0.2) is 0 Å². The summed E-state index contributed by atoms with van der Waals surface area (Å²) in [6, 6.07) is 0.0542. The third kappa shape index (κ3) is 10.7. The van der Waals surface area contributed by atoms with Crippen molar-refractivity contribution < 1.29 is 8.42 Å². The zero-order valence-electron chi connectivity index (χ0n) is 11.5. The molecule has 0 aromatic heterocycles. The lowest BCUT2D eigenvalue weighted by atomic mass is 10.1. The van der Waals surface area contributed by atoms with Gasteiger partial charge in [-0.2, -0.15) is 0 Å². The van der Waals surface area contributed by atoms with Crippen LogP contribution in [0.4, 0.5) is 0 Å². The fourth-order valence-corrected chi connectivity index (χ4v) is 2.95. The van der Waals surface area contributed by atoms with Crippen molar-refractivity contribution in [2.24, 2.45) is 0 Å². The summed E-state index contributed by atoms with van der Waals surface area (Å²) in [5.74, 6) is 0.167. The average Bonchev–Trinajstić information content (AvgIpc) is 2.24. The normalized spacial score (nSPS) is 13.8. The van der Waals surface area contributed by atoms with E-state index in [-0.39, 0.29) is 11.8 Å². The average molecular weight is 264 g/mol. The molecule has 0 bridgehead atoms. The van der Waals surface area contributed by atoms with Gasteiger partial charge >= 0.3 is 0 Å². The summed E-state index contributed by atoms with van der Waals surface area (Å²) in [4.78, 5) is 0. The third-order valence-electron chi connectivity index (χ3n) is 2.67. The van der Waals surface area contributed by atoms with Crippen molar-refractivity contribution in [3.63, 3.8) is 0 Å². The van der Waals surface area contributed by atoms with Gasteiger partial charge in [0.15, 0.2) is 0 Å². The molecule has 0 aliphatic rings. The Labute approximate surface area is 107 Å². The van der Waals surface area contributed by atoms with Crippen LogP contribution in [0.3, 0.4) is 0 Å². The summed E-state index contributed by atoms with van der Waals surface area (Å²) in [6.45, 7) is 7.41. The summed E-state index contributed by atoms with van der Waals surface area (Å²) in [5, 5.41) is 3.02. The van der Waals surface area contributed by atoms with Gasteiger partial charge in [0.05, 0.1) is 5.75 Å². The molecule has 0 aromatic rings. The van der Waals surface area contributed by atoms with E-state index in [0.29, 0.717) is 6.54 Å². The maximum atomic E-state index is 11.7. The molecular formula is C12H28N2O2S. The van der Waals surface area contributed by atoms with Crippen LogP contribution in [0.1, 0.15) is 52.9 Å². The van der Waals surface area contributed by atoms with Crippen molar-refractivity contribution in [1.82, 2.24) is 10.0 Å². The van der Waals surface area contributed by atoms with Crippen molar-refractivity contribution in [3.8, 4) is 0 Å². The van der Waals surface area contributed by atoms with Gasteiger partial charge in [0, 0.05) is 12.6 Å². The van der Waals surface area contributed by atoms with E-state index < -0.39 is 10.0 Å². The molecule has 0 radical (unpaired) electrons. The number of sulfonamides is 1. The van der Waals surface area contributed by atoms with E-state index in [0.717, 1.165) is 19.4 Å². The van der Waals surface area contributed by atoms with Gasteiger partial charge in [-0.1, -0.05) is 39.5 Å². The van der Waals surface area contributed by atoms with Crippen LogP contribution >= 0.6 is 0 Å². The van der Waals surface area contributed by atoms with Gasteiger partial charge in [-0.3, -0.25) is 0 Å². The van der Waals surface area contributed by atoms with Crippen LogP contribution in [-0.2, 0) is 10.0 Å². The molecule has 0 aliphatic heterocycles. The summed E-state index contributed by atoms with van der Waals surface area (Å²) in [5.41, 5.74) is 0. The number of hydrogen-bond acceptors (Lipinski definition) is 3. The molecule has 0 saturated heterocycles. The predicted molar refractivity (Wildman–Crippen MR) is 73.7 cm³/mol. The van der Waals surface area contributed by atoms with E-state index in [1.54, 1.807) is 0 Å². The Morgan fingerprint density at radius 3 is 2.41 bits per heavy atom. The molecule has 104 valence electrons. The molecule has 0 spiro atoms. The van der Waals surface area contributed by atoms with E-state index in [2.05, 4.69) is 17.0 Å². The van der Waals surface area contributed by atoms with Gasteiger partial charge < -0.3 is 5.32 Å². The van der Waals surface area contributed by atoms with Crippen molar-refractivity contribution >= 4 is 10.0 Å². The van der Waals surface area contributed by atoms with Gasteiger partial charge in [-0.15, -0.1) is 0 Å². The van der Waals surface area contributed by atoms with E-state index in [1.165, 1.54) is 19.3 Å². The molecule has 2 N–H and O–H groups in total. The first-order valence-corrected chi connectivity index (χ1v) is 8.37. The maximum absolute atomic E-state index is 11.7. The minimum Gasteiger partial charge on any atom is -0.316 e. The molecule has 17 heavy (non-hydrogen) atoms. The first kappa shape index (κ1) is 16.9. The van der Waals surface area contributed by atoms with Gasteiger partial charge in [0.25, 0.3) is 0 Å². The Kier molecular flexibility index (Phi) is 9.78. The fraction of sp³-hybridized carbons (Fsp3) is 1.00. The number of rotatable bonds is 11. The molecule has 0 aromatic carbocycles. The molecule has 5 heteroatoms. The van der Waals surface area contributed by atoms with Gasteiger partial charge in [0.1, 0.15) is 0 Å². The van der Waals surface area contributed by atoms with Crippen LogP contribution < -0.4 is 10.0 Å². The van der Waals surface area contributed by atoms with E-state index >= 15 is 0 Å². The van der Waals surface area contributed by atoms with E-state index in [9.17, 15) is 8.42 Å². The molecule has 0 saturated carbocycles. The lowest BCUT2D eigenvalue weighted by Crippen LogP contribution is -2.37. The van der Waals surface area contributed by atoms with E-state index in [1.807, 2.05) is 13.8 Å². The smallest absolute Gasteiger partial charge is 0.213 e. The van der Waals surface area contributed by atoms with Crippen LogP contribution in [0.5, 0.6) is 0 Å². The number of unbranched alkanes of at least 4 members (excludes halogenated alkanes) is 3. The summed E-state index contributed by atoms with van der Waals surface area (Å²) < 4.78 is 26.0. The number of hydrogen-bond donors (Lipinski definition) is 2. The van der Waals surface area contributed by atoms with Crippen molar-refractivity contribution in [2.45, 2.75) is 58.9 Å². The SMILES string of the molecule is CCCCCCC(C)NS(=O)(=O)CCNCC. The first-order chi connectivity index (χ1) is 8.02. The van der Waals surface area contributed by atoms with Crippen LogP contribution in [0.25, 0.3) is 0 Å². The van der Waals surface area contributed by atoms with Crippen LogP contribution in [0.2, 0.25) is 0 Å². The zero-order chi connectivity index (χ0) is 13.1.